The molecule has 1 aliphatic carbocycles. The van der Waals surface area contributed by atoms with E-state index in [2.05, 4.69) is 48.7 Å². The molecule has 98 valence electrons. The maximum Gasteiger partial charge on any atom is 0.133 e. The Morgan fingerprint density at radius 3 is 2.83 bits per heavy atom. The topological polar surface area (TPSA) is 28.2 Å². The van der Waals surface area contributed by atoms with Crippen LogP contribution in [0.5, 0.6) is 0 Å². The number of anilines is 1. The average molecular weight is 245 g/mol. The first-order chi connectivity index (χ1) is 8.61. The number of hydrogen-bond acceptors (Lipinski definition) is 3. The highest BCUT2D eigenvalue weighted by atomic mass is 15.2. The van der Waals surface area contributed by atoms with Crippen molar-refractivity contribution in [3.63, 3.8) is 0 Å². The van der Waals surface area contributed by atoms with Gasteiger partial charge in [-0.05, 0) is 38.3 Å². The van der Waals surface area contributed by atoms with Gasteiger partial charge in [-0.2, -0.15) is 0 Å². The molecular weight excluding hydrogens is 222 g/mol. The summed E-state index contributed by atoms with van der Waals surface area (Å²) in [6, 6.07) is 2.89. The molecule has 0 aromatic carbocycles. The number of pyridine rings is 1. The van der Waals surface area contributed by atoms with E-state index in [4.69, 9.17) is 0 Å². The van der Waals surface area contributed by atoms with Crippen LogP contribution in [0, 0.1) is 13.8 Å². The van der Waals surface area contributed by atoms with Crippen molar-refractivity contribution in [1.29, 1.82) is 0 Å². The second kappa shape index (κ2) is 5.53. The second-order valence-electron chi connectivity index (χ2n) is 5.21. The van der Waals surface area contributed by atoms with E-state index in [0.717, 1.165) is 30.6 Å². The molecule has 1 N–H and O–H groups in total. The van der Waals surface area contributed by atoms with Crippen molar-refractivity contribution in [2.45, 2.75) is 39.3 Å². The maximum atomic E-state index is 4.69. The second-order valence-corrected chi connectivity index (χ2v) is 5.21. The molecule has 0 unspecified atom stereocenters. The van der Waals surface area contributed by atoms with E-state index in [-0.39, 0.29) is 0 Å². The van der Waals surface area contributed by atoms with Gasteiger partial charge in [0.2, 0.25) is 0 Å². The number of aromatic nitrogens is 1. The van der Waals surface area contributed by atoms with Gasteiger partial charge >= 0.3 is 0 Å². The van der Waals surface area contributed by atoms with Crippen molar-refractivity contribution >= 4 is 5.82 Å². The monoisotopic (exact) mass is 245 g/mol. The van der Waals surface area contributed by atoms with Crippen LogP contribution in [0.2, 0.25) is 0 Å². The van der Waals surface area contributed by atoms with Crippen LogP contribution in [-0.4, -0.2) is 24.6 Å². The summed E-state index contributed by atoms with van der Waals surface area (Å²) in [7, 11) is 2.07. The molecule has 0 spiro atoms. The number of nitrogens with one attached hydrogen (secondary N) is 1. The SMILES string of the molecule is C=CCN(C)c1nc(C)cc(C)c1CNC1CC1. The summed E-state index contributed by atoms with van der Waals surface area (Å²) >= 11 is 0. The van der Waals surface area contributed by atoms with Crippen molar-refractivity contribution in [3.05, 3.63) is 35.5 Å². The molecule has 1 aliphatic rings. The quantitative estimate of drug-likeness (QED) is 0.781. The highest BCUT2D eigenvalue weighted by Crippen LogP contribution is 2.24. The zero-order chi connectivity index (χ0) is 13.1. The van der Waals surface area contributed by atoms with Crippen LogP contribution in [0.4, 0.5) is 5.82 Å². The summed E-state index contributed by atoms with van der Waals surface area (Å²) in [5, 5.41) is 3.58. The van der Waals surface area contributed by atoms with E-state index in [1.807, 2.05) is 6.08 Å². The van der Waals surface area contributed by atoms with Crippen molar-refractivity contribution in [2.24, 2.45) is 0 Å². The van der Waals surface area contributed by atoms with Crippen LogP contribution in [0.15, 0.2) is 18.7 Å². The molecule has 1 fully saturated rings. The van der Waals surface area contributed by atoms with Crippen LogP contribution in [0.25, 0.3) is 0 Å². The van der Waals surface area contributed by atoms with Gasteiger partial charge in [-0.3, -0.25) is 0 Å². The van der Waals surface area contributed by atoms with Gasteiger partial charge in [0, 0.05) is 37.4 Å². The van der Waals surface area contributed by atoms with Crippen molar-refractivity contribution < 1.29 is 0 Å². The molecule has 0 aliphatic heterocycles. The summed E-state index contributed by atoms with van der Waals surface area (Å²) in [4.78, 5) is 6.85. The summed E-state index contributed by atoms with van der Waals surface area (Å²) in [6.07, 6.45) is 4.55. The normalized spacial score (nSPS) is 14.6. The van der Waals surface area contributed by atoms with Gasteiger partial charge in [0.05, 0.1) is 0 Å². The lowest BCUT2D eigenvalue weighted by molar-refractivity contribution is 0.681. The fourth-order valence-electron chi connectivity index (χ4n) is 2.19. The summed E-state index contributed by atoms with van der Waals surface area (Å²) in [5.74, 6) is 1.08. The lowest BCUT2D eigenvalue weighted by Gasteiger charge is -2.22. The Morgan fingerprint density at radius 2 is 2.22 bits per heavy atom. The fraction of sp³-hybridized carbons (Fsp3) is 0.533. The molecule has 0 atom stereocenters. The van der Waals surface area contributed by atoms with Crippen LogP contribution >= 0.6 is 0 Å². The smallest absolute Gasteiger partial charge is 0.133 e. The molecular formula is C15H23N3. The molecule has 1 saturated carbocycles. The minimum atomic E-state index is 0.725. The molecule has 2 rings (SSSR count). The Morgan fingerprint density at radius 1 is 1.50 bits per heavy atom. The fourth-order valence-corrected chi connectivity index (χ4v) is 2.19. The third-order valence-corrected chi connectivity index (χ3v) is 3.36. The number of aryl methyl sites for hydroxylation is 2. The predicted molar refractivity (Wildman–Crippen MR) is 77.0 cm³/mol. The molecule has 1 aromatic rings. The van der Waals surface area contributed by atoms with Crippen LogP contribution < -0.4 is 10.2 Å². The van der Waals surface area contributed by atoms with Gasteiger partial charge < -0.3 is 10.2 Å². The van der Waals surface area contributed by atoms with Crippen molar-refractivity contribution in [2.75, 3.05) is 18.5 Å². The van der Waals surface area contributed by atoms with Crippen LogP contribution in [0.1, 0.15) is 29.7 Å². The molecule has 0 bridgehead atoms. The van der Waals surface area contributed by atoms with E-state index in [1.54, 1.807) is 0 Å². The number of hydrogen-bond donors (Lipinski definition) is 1. The van der Waals surface area contributed by atoms with Gasteiger partial charge in [-0.1, -0.05) is 6.08 Å². The standard InChI is InChI=1S/C15H23N3/c1-5-8-18(4)15-14(10-16-13-6-7-13)11(2)9-12(3)17-15/h5,9,13,16H,1,6-8,10H2,2-4H3. The van der Waals surface area contributed by atoms with E-state index in [0.29, 0.717) is 0 Å². The minimum Gasteiger partial charge on any atom is -0.356 e. The minimum absolute atomic E-state index is 0.725. The summed E-state index contributed by atoms with van der Waals surface area (Å²) in [6.45, 7) is 9.77. The van der Waals surface area contributed by atoms with Crippen molar-refractivity contribution in [3.8, 4) is 0 Å². The molecule has 1 aromatic heterocycles. The number of rotatable bonds is 6. The number of nitrogens with zero attached hydrogens (tertiary/aromatic N) is 2. The molecule has 0 amide bonds. The maximum absolute atomic E-state index is 4.69. The zero-order valence-electron chi connectivity index (χ0n) is 11.7. The Hall–Kier alpha value is -1.35. The summed E-state index contributed by atoms with van der Waals surface area (Å²) < 4.78 is 0. The Labute approximate surface area is 110 Å². The first kappa shape index (κ1) is 13.1. The van der Waals surface area contributed by atoms with Gasteiger partial charge in [-0.15, -0.1) is 6.58 Å². The Bertz CT molecular complexity index is 436. The summed E-state index contributed by atoms with van der Waals surface area (Å²) in [5.41, 5.74) is 3.71. The molecule has 3 heteroatoms. The first-order valence-corrected chi connectivity index (χ1v) is 6.64. The third kappa shape index (κ3) is 3.10. The zero-order valence-corrected chi connectivity index (χ0v) is 11.7. The average Bonchev–Trinajstić information content (AvgIpc) is 3.11. The van der Waals surface area contributed by atoms with Gasteiger partial charge in [0.15, 0.2) is 0 Å². The lowest BCUT2D eigenvalue weighted by atomic mass is 10.1. The predicted octanol–water partition coefficient (Wildman–Crippen LogP) is 2.57. The van der Waals surface area contributed by atoms with Gasteiger partial charge in [0.25, 0.3) is 0 Å². The molecule has 3 nitrogen and oxygen atoms in total. The van der Waals surface area contributed by atoms with E-state index >= 15 is 0 Å². The Kier molecular flexibility index (Phi) is 4.02. The van der Waals surface area contributed by atoms with E-state index in [1.165, 1.54) is 24.0 Å². The largest absolute Gasteiger partial charge is 0.356 e. The molecule has 0 saturated heterocycles. The van der Waals surface area contributed by atoms with Gasteiger partial charge in [0.1, 0.15) is 5.82 Å². The highest BCUT2D eigenvalue weighted by Gasteiger charge is 2.21. The van der Waals surface area contributed by atoms with Gasteiger partial charge in [-0.25, -0.2) is 4.98 Å². The van der Waals surface area contributed by atoms with Crippen LogP contribution in [-0.2, 0) is 6.54 Å². The Balaban J connectivity index is 2.24. The molecule has 18 heavy (non-hydrogen) atoms. The number of likely N-dealkylation sites (N-methyl/N-ethyl adjacent to an activating group) is 1. The lowest BCUT2D eigenvalue weighted by Crippen LogP contribution is -2.24. The molecule has 1 heterocycles. The highest BCUT2D eigenvalue weighted by molar-refractivity contribution is 5.51. The first-order valence-electron chi connectivity index (χ1n) is 6.64. The van der Waals surface area contributed by atoms with E-state index < -0.39 is 0 Å². The van der Waals surface area contributed by atoms with Crippen molar-refractivity contribution in [1.82, 2.24) is 10.3 Å². The van der Waals surface area contributed by atoms with Crippen LogP contribution in [0.3, 0.4) is 0 Å². The van der Waals surface area contributed by atoms with E-state index in [9.17, 15) is 0 Å². The third-order valence-electron chi connectivity index (χ3n) is 3.36. The molecule has 0 radical (unpaired) electrons.